The van der Waals surface area contributed by atoms with Crippen molar-refractivity contribution in [1.82, 2.24) is 14.6 Å². The van der Waals surface area contributed by atoms with E-state index in [-0.39, 0.29) is 30.3 Å². The number of aromatic nitrogens is 2. The van der Waals surface area contributed by atoms with E-state index >= 15 is 0 Å². The van der Waals surface area contributed by atoms with Gasteiger partial charge in [0.15, 0.2) is 17.7 Å². The first-order valence-corrected chi connectivity index (χ1v) is 10.9. The predicted octanol–water partition coefficient (Wildman–Crippen LogP) is 1.10. The van der Waals surface area contributed by atoms with Crippen LogP contribution in [-0.4, -0.2) is 51.6 Å². The van der Waals surface area contributed by atoms with E-state index in [2.05, 4.69) is 10.1 Å². The molecule has 13 nitrogen and oxygen atoms in total. The van der Waals surface area contributed by atoms with Gasteiger partial charge in [0.1, 0.15) is 30.9 Å². The zero-order valence-corrected chi connectivity index (χ0v) is 18.9. The minimum absolute atomic E-state index is 0.0689. The molecule has 4 N–H and O–H groups in total. The van der Waals surface area contributed by atoms with Crippen molar-refractivity contribution in [2.75, 3.05) is 12.3 Å². The molecule has 1 saturated heterocycles. The molecule has 14 heteroatoms. The van der Waals surface area contributed by atoms with Gasteiger partial charge in [-0.25, -0.2) is 4.79 Å². The maximum absolute atomic E-state index is 12.2. The molecular formula is C20H23N4O9P. The molecule has 0 saturated carbocycles. The number of nitrogens with one attached hydrogen (secondary N) is 1. The molecule has 2 heterocycles. The molecule has 2 aromatic rings. The Morgan fingerprint density at radius 1 is 1.35 bits per heavy atom. The smallest absolute Gasteiger partial charge is 0.351 e. The number of anilines is 1. The average molecular weight is 494 g/mol. The van der Waals surface area contributed by atoms with Crippen LogP contribution in [-0.2, 0) is 23.6 Å². The van der Waals surface area contributed by atoms with Crippen molar-refractivity contribution >= 4 is 26.4 Å². The Kier molecular flexibility index (Phi) is 8.52. The number of carboxylic acid groups (broad SMARTS) is 1. The first kappa shape index (κ1) is 25.1. The third-order valence-electron chi connectivity index (χ3n) is 4.74. The van der Waals surface area contributed by atoms with E-state index in [1.54, 1.807) is 24.3 Å². The molecule has 4 atom stereocenters. The van der Waals surface area contributed by atoms with Gasteiger partial charge in [0.25, 0.3) is 0 Å². The summed E-state index contributed by atoms with van der Waals surface area (Å²) in [5.41, 5.74) is 4.92. The van der Waals surface area contributed by atoms with E-state index < -0.39 is 57.3 Å². The van der Waals surface area contributed by atoms with Crippen molar-refractivity contribution in [2.24, 2.45) is 0 Å². The monoisotopic (exact) mass is 494 g/mol. The highest BCUT2D eigenvalue weighted by Crippen LogP contribution is 2.33. The Morgan fingerprint density at radius 3 is 2.74 bits per heavy atom. The minimum Gasteiger partial charge on any atom is -0.487 e. The fourth-order valence-electron chi connectivity index (χ4n) is 3.33. The van der Waals surface area contributed by atoms with Crippen molar-refractivity contribution < 1.29 is 38.2 Å². The van der Waals surface area contributed by atoms with Crippen molar-refractivity contribution in [2.45, 2.75) is 44.4 Å². The van der Waals surface area contributed by atoms with Crippen LogP contribution < -0.4 is 26.0 Å². The maximum atomic E-state index is 12.2. The second-order valence-electron chi connectivity index (χ2n) is 7.24. The number of rotatable bonds is 11. The van der Waals surface area contributed by atoms with Crippen molar-refractivity contribution in [3.63, 3.8) is 0 Å². The van der Waals surface area contributed by atoms with E-state index in [4.69, 9.17) is 29.8 Å². The summed E-state index contributed by atoms with van der Waals surface area (Å²) in [6.07, 6.45) is -2.10. The lowest BCUT2D eigenvalue weighted by molar-refractivity contribution is -0.150. The molecule has 0 bridgehead atoms. The zero-order valence-electron chi connectivity index (χ0n) is 18.0. The van der Waals surface area contributed by atoms with Crippen molar-refractivity contribution in [1.29, 1.82) is 0 Å². The van der Waals surface area contributed by atoms with Gasteiger partial charge < -0.3 is 29.8 Å². The van der Waals surface area contributed by atoms with E-state index in [0.29, 0.717) is 0 Å². The number of aliphatic carboxylic acids is 1. The lowest BCUT2D eigenvalue weighted by Gasteiger charge is -2.21. The minimum atomic E-state index is -1.15. The van der Waals surface area contributed by atoms with Crippen LogP contribution in [0.3, 0.4) is 0 Å². The van der Waals surface area contributed by atoms with Gasteiger partial charge in [-0.3, -0.25) is 18.7 Å². The van der Waals surface area contributed by atoms with Gasteiger partial charge in [-0.1, -0.05) is 12.1 Å². The molecule has 0 aliphatic carbocycles. The number of ether oxygens (including phenoxy) is 4. The Hall–Kier alpha value is -3.54. The van der Waals surface area contributed by atoms with Gasteiger partial charge in [0, 0.05) is 19.5 Å². The summed E-state index contributed by atoms with van der Waals surface area (Å²) in [6, 6.07) is 7.92. The fourth-order valence-corrected chi connectivity index (χ4v) is 3.59. The highest BCUT2D eigenvalue weighted by molar-refractivity contribution is 7.21. The number of carboxylic acids is 1. The van der Waals surface area contributed by atoms with Crippen LogP contribution in [0.4, 0.5) is 5.82 Å². The number of esters is 1. The number of benzene rings is 1. The highest BCUT2D eigenvalue weighted by Gasteiger charge is 2.39. The lowest BCUT2D eigenvalue weighted by Crippen LogP contribution is -2.32. The molecule has 0 radical (unpaired) electrons. The van der Waals surface area contributed by atoms with Gasteiger partial charge in [-0.05, 0) is 18.2 Å². The summed E-state index contributed by atoms with van der Waals surface area (Å²) in [6.45, 7) is 1.18. The molecular weight excluding hydrogens is 471 g/mol. The third-order valence-corrected chi connectivity index (χ3v) is 5.13. The Morgan fingerprint density at radius 2 is 2.09 bits per heavy atom. The summed E-state index contributed by atoms with van der Waals surface area (Å²) < 4.78 is 34.8. The van der Waals surface area contributed by atoms with E-state index in [1.807, 2.05) is 0 Å². The summed E-state index contributed by atoms with van der Waals surface area (Å²) in [5, 5.41) is 11.4. The second-order valence-corrected chi connectivity index (χ2v) is 7.68. The normalized spacial score (nSPS) is 20.6. The van der Waals surface area contributed by atoms with E-state index in [9.17, 15) is 18.9 Å². The Balaban J connectivity index is 1.73. The average Bonchev–Trinajstić information content (AvgIpc) is 3.14. The number of hydrogen-bond donors (Lipinski definition) is 3. The molecule has 0 amide bonds. The fraction of sp³-hybridized carbons (Fsp3) is 0.400. The van der Waals surface area contributed by atoms with Crippen LogP contribution in [0.15, 0.2) is 41.3 Å². The maximum Gasteiger partial charge on any atom is 0.351 e. The van der Waals surface area contributed by atoms with Gasteiger partial charge in [0.05, 0.1) is 6.42 Å². The van der Waals surface area contributed by atoms with Crippen LogP contribution in [0, 0.1) is 0 Å². The zero-order chi connectivity index (χ0) is 24.7. The SMILES string of the molecule is CC(=O)O[C@H]1C[C@H](n2ccc(N)nc2=O)O[C@@H]1COc1ccccc1OC(CC(=O)O)NP=O. The highest BCUT2D eigenvalue weighted by atomic mass is 31.1. The molecule has 1 aromatic heterocycles. The molecule has 182 valence electrons. The second kappa shape index (κ2) is 11.5. The Labute approximate surface area is 195 Å². The van der Waals surface area contributed by atoms with Crippen LogP contribution in [0.5, 0.6) is 11.5 Å². The van der Waals surface area contributed by atoms with Crippen LogP contribution in [0.2, 0.25) is 0 Å². The number of nitrogen functional groups attached to an aromatic ring is 1. The standard InChI is InChI=1S/C20H23N4O9P/c1-11(25)31-14-8-18(24-7-6-16(21)22-20(24)28)33-15(14)10-30-12-4-2-3-5-13(12)32-17(23-34-29)9-19(26)27/h2-7,14-15,17-18H,8-10H2,1H3,(H,23,29)(H,26,27)(H2,21,22,28)/t14-,15+,17?,18+/m0/s1. The molecule has 1 aliphatic heterocycles. The van der Waals surface area contributed by atoms with Gasteiger partial charge in [-0.15, -0.1) is 0 Å². The summed E-state index contributed by atoms with van der Waals surface area (Å²) in [4.78, 5) is 38.5. The van der Waals surface area contributed by atoms with Crippen LogP contribution in [0.25, 0.3) is 0 Å². The summed E-state index contributed by atoms with van der Waals surface area (Å²) >= 11 is 0. The van der Waals surface area contributed by atoms with E-state index in [0.717, 1.165) is 0 Å². The number of para-hydroxylation sites is 2. The van der Waals surface area contributed by atoms with E-state index in [1.165, 1.54) is 23.8 Å². The molecule has 1 aromatic carbocycles. The van der Waals surface area contributed by atoms with Crippen molar-refractivity contribution in [3.05, 3.63) is 47.0 Å². The van der Waals surface area contributed by atoms with Gasteiger partial charge >= 0.3 is 17.6 Å². The summed E-state index contributed by atoms with van der Waals surface area (Å²) in [5.74, 6) is -1.16. The van der Waals surface area contributed by atoms with Gasteiger partial charge in [-0.2, -0.15) is 10.1 Å². The topological polar surface area (TPSA) is 181 Å². The first-order valence-electron chi connectivity index (χ1n) is 10.1. The largest absolute Gasteiger partial charge is 0.487 e. The number of nitrogens with zero attached hydrogens (tertiary/aromatic N) is 2. The third kappa shape index (κ3) is 6.73. The predicted molar refractivity (Wildman–Crippen MR) is 116 cm³/mol. The van der Waals surface area contributed by atoms with Crippen molar-refractivity contribution in [3.8, 4) is 11.5 Å². The Bertz CT molecular complexity index is 1100. The van der Waals surface area contributed by atoms with Crippen LogP contribution in [0.1, 0.15) is 26.0 Å². The number of carbonyl (C=O) groups excluding carboxylic acids is 1. The van der Waals surface area contributed by atoms with Crippen LogP contribution >= 0.6 is 8.61 Å². The number of carbonyl (C=O) groups is 2. The molecule has 3 rings (SSSR count). The molecule has 34 heavy (non-hydrogen) atoms. The molecule has 1 unspecified atom stereocenters. The quantitative estimate of drug-likeness (QED) is 0.230. The first-order chi connectivity index (χ1) is 16.3. The number of hydrogen-bond acceptors (Lipinski definition) is 10. The van der Waals surface area contributed by atoms with Gasteiger partial charge in [0.2, 0.25) is 8.61 Å². The number of nitrogens with two attached hydrogens (primary N) is 1. The molecule has 1 fully saturated rings. The summed E-state index contributed by atoms with van der Waals surface area (Å²) in [7, 11) is -0.497. The molecule has 0 spiro atoms. The lowest BCUT2D eigenvalue weighted by atomic mass is 10.2. The molecule has 1 aliphatic rings.